The topological polar surface area (TPSA) is 18.5 Å². The van der Waals surface area contributed by atoms with Crippen LogP contribution in [0.25, 0.3) is 0 Å². The van der Waals surface area contributed by atoms with E-state index in [2.05, 4.69) is 43.1 Å². The summed E-state index contributed by atoms with van der Waals surface area (Å²) in [4.78, 5) is 4.94. The van der Waals surface area contributed by atoms with Gasteiger partial charge in [-0.1, -0.05) is 13.8 Å². The summed E-state index contributed by atoms with van der Waals surface area (Å²) >= 11 is 0. The van der Waals surface area contributed by atoms with Crippen LogP contribution in [0.3, 0.4) is 0 Å². The van der Waals surface area contributed by atoms with Gasteiger partial charge in [-0.05, 0) is 64.8 Å². The second-order valence-corrected chi connectivity index (χ2v) is 6.50. The molecule has 1 aliphatic heterocycles. The Morgan fingerprint density at radius 1 is 1.17 bits per heavy atom. The molecule has 108 valence electrons. The van der Waals surface area contributed by atoms with Gasteiger partial charge in [0.1, 0.15) is 0 Å². The highest BCUT2D eigenvalue weighted by molar-refractivity contribution is 4.71. The van der Waals surface area contributed by atoms with Crippen LogP contribution in [0.4, 0.5) is 0 Å². The number of nitrogens with one attached hydrogen (secondary N) is 1. The van der Waals surface area contributed by atoms with Crippen LogP contribution in [0.2, 0.25) is 0 Å². The smallest absolute Gasteiger partial charge is 0.0109 e. The first-order valence-corrected chi connectivity index (χ1v) is 7.65. The van der Waals surface area contributed by atoms with E-state index in [0.29, 0.717) is 0 Å². The Labute approximate surface area is 114 Å². The summed E-state index contributed by atoms with van der Waals surface area (Å²) in [6, 6.07) is 0. The number of nitrogens with zero attached hydrogens (tertiary/aromatic N) is 2. The number of rotatable bonds is 8. The van der Waals surface area contributed by atoms with Crippen LogP contribution in [-0.4, -0.2) is 63.2 Å². The van der Waals surface area contributed by atoms with Crippen LogP contribution in [0.5, 0.6) is 0 Å². The molecule has 1 heterocycles. The van der Waals surface area contributed by atoms with Crippen molar-refractivity contribution in [1.29, 1.82) is 0 Å². The average Bonchev–Trinajstić information content (AvgIpc) is 2.33. The third-order valence-corrected chi connectivity index (χ3v) is 3.74. The van der Waals surface area contributed by atoms with Gasteiger partial charge in [0.15, 0.2) is 0 Å². The first kappa shape index (κ1) is 15.9. The average molecular weight is 255 g/mol. The Morgan fingerprint density at radius 2 is 1.94 bits per heavy atom. The van der Waals surface area contributed by atoms with Gasteiger partial charge in [-0.3, -0.25) is 0 Å². The molecule has 3 nitrogen and oxygen atoms in total. The van der Waals surface area contributed by atoms with Crippen LogP contribution >= 0.6 is 0 Å². The van der Waals surface area contributed by atoms with Crippen molar-refractivity contribution in [2.75, 3.05) is 53.4 Å². The molecule has 1 rings (SSSR count). The maximum absolute atomic E-state index is 3.52. The molecule has 0 radical (unpaired) electrons. The summed E-state index contributed by atoms with van der Waals surface area (Å²) in [6.45, 7) is 12.0. The largest absolute Gasteiger partial charge is 0.316 e. The highest BCUT2D eigenvalue weighted by Gasteiger charge is 2.15. The van der Waals surface area contributed by atoms with E-state index in [4.69, 9.17) is 0 Å². The van der Waals surface area contributed by atoms with Crippen molar-refractivity contribution in [3.05, 3.63) is 0 Å². The lowest BCUT2D eigenvalue weighted by atomic mass is 9.96. The SMILES string of the molecule is CC(C)CN(CCC1CCCNC1)CCN(C)C. The first-order chi connectivity index (χ1) is 8.58. The maximum atomic E-state index is 3.52. The molecule has 0 spiro atoms. The van der Waals surface area contributed by atoms with Gasteiger partial charge >= 0.3 is 0 Å². The van der Waals surface area contributed by atoms with E-state index in [1.165, 1.54) is 58.5 Å². The van der Waals surface area contributed by atoms with Crippen LogP contribution in [-0.2, 0) is 0 Å². The van der Waals surface area contributed by atoms with Gasteiger partial charge < -0.3 is 15.1 Å². The van der Waals surface area contributed by atoms with E-state index >= 15 is 0 Å². The quantitative estimate of drug-likeness (QED) is 0.714. The van der Waals surface area contributed by atoms with Gasteiger partial charge in [0, 0.05) is 19.6 Å². The molecular formula is C15H33N3. The second kappa shape index (κ2) is 8.89. The van der Waals surface area contributed by atoms with Gasteiger partial charge in [0.25, 0.3) is 0 Å². The molecule has 3 heteroatoms. The molecule has 0 aromatic heterocycles. The highest BCUT2D eigenvalue weighted by atomic mass is 15.2. The maximum Gasteiger partial charge on any atom is 0.0109 e. The Morgan fingerprint density at radius 3 is 2.50 bits per heavy atom. The summed E-state index contributed by atoms with van der Waals surface area (Å²) in [5.74, 6) is 1.68. The fourth-order valence-corrected chi connectivity index (χ4v) is 2.69. The number of hydrogen-bond acceptors (Lipinski definition) is 3. The minimum Gasteiger partial charge on any atom is -0.316 e. The third kappa shape index (κ3) is 7.34. The van der Waals surface area contributed by atoms with Crippen molar-refractivity contribution in [3.8, 4) is 0 Å². The fraction of sp³-hybridized carbons (Fsp3) is 1.00. The van der Waals surface area contributed by atoms with Crippen molar-refractivity contribution in [2.24, 2.45) is 11.8 Å². The minimum absolute atomic E-state index is 0.775. The molecule has 0 amide bonds. The van der Waals surface area contributed by atoms with Gasteiger partial charge in [0.05, 0.1) is 0 Å². The lowest BCUT2D eigenvalue weighted by molar-refractivity contribution is 0.198. The molecule has 1 aliphatic rings. The molecular weight excluding hydrogens is 222 g/mol. The standard InChI is InChI=1S/C15H33N3/c1-14(2)13-18(11-10-17(3)4)9-7-15-6-5-8-16-12-15/h14-16H,5-13H2,1-4H3. The van der Waals surface area contributed by atoms with Crippen LogP contribution < -0.4 is 5.32 Å². The Bertz CT molecular complexity index is 198. The molecule has 1 atom stereocenters. The summed E-state index contributed by atoms with van der Waals surface area (Å²) in [5, 5.41) is 3.52. The molecule has 1 N–H and O–H groups in total. The van der Waals surface area contributed by atoms with E-state index in [1.807, 2.05) is 0 Å². The molecule has 18 heavy (non-hydrogen) atoms. The summed E-state index contributed by atoms with van der Waals surface area (Å²) in [5.41, 5.74) is 0. The third-order valence-electron chi connectivity index (χ3n) is 3.74. The van der Waals surface area contributed by atoms with E-state index < -0.39 is 0 Å². The van der Waals surface area contributed by atoms with Crippen molar-refractivity contribution < 1.29 is 0 Å². The Balaban J connectivity index is 2.25. The summed E-state index contributed by atoms with van der Waals surface area (Å²) < 4.78 is 0. The Kier molecular flexibility index (Phi) is 7.87. The van der Waals surface area contributed by atoms with Gasteiger partial charge in [-0.2, -0.15) is 0 Å². The van der Waals surface area contributed by atoms with Crippen molar-refractivity contribution >= 4 is 0 Å². The molecule has 1 saturated heterocycles. The molecule has 0 aliphatic carbocycles. The van der Waals surface area contributed by atoms with Crippen molar-refractivity contribution in [1.82, 2.24) is 15.1 Å². The summed E-state index contributed by atoms with van der Waals surface area (Å²) in [6.07, 6.45) is 4.16. The zero-order valence-corrected chi connectivity index (χ0v) is 12.9. The first-order valence-electron chi connectivity index (χ1n) is 7.65. The van der Waals surface area contributed by atoms with Gasteiger partial charge in [-0.25, -0.2) is 0 Å². The summed E-state index contributed by atoms with van der Waals surface area (Å²) in [7, 11) is 4.33. The van der Waals surface area contributed by atoms with E-state index in [1.54, 1.807) is 0 Å². The highest BCUT2D eigenvalue weighted by Crippen LogP contribution is 2.15. The zero-order chi connectivity index (χ0) is 13.4. The molecule has 1 unspecified atom stereocenters. The molecule has 0 saturated carbocycles. The predicted molar refractivity (Wildman–Crippen MR) is 80.0 cm³/mol. The van der Waals surface area contributed by atoms with Crippen molar-refractivity contribution in [3.63, 3.8) is 0 Å². The van der Waals surface area contributed by atoms with E-state index in [9.17, 15) is 0 Å². The minimum atomic E-state index is 0.775. The lowest BCUT2D eigenvalue weighted by Crippen LogP contribution is -2.37. The van der Waals surface area contributed by atoms with Gasteiger partial charge in [-0.15, -0.1) is 0 Å². The zero-order valence-electron chi connectivity index (χ0n) is 12.9. The monoisotopic (exact) mass is 255 g/mol. The second-order valence-electron chi connectivity index (χ2n) is 6.50. The molecule has 0 aromatic rings. The number of likely N-dealkylation sites (N-methyl/N-ethyl adjacent to an activating group) is 1. The Hall–Kier alpha value is -0.120. The molecule has 0 bridgehead atoms. The lowest BCUT2D eigenvalue weighted by Gasteiger charge is -2.29. The van der Waals surface area contributed by atoms with Gasteiger partial charge in [0.2, 0.25) is 0 Å². The number of piperidine rings is 1. The molecule has 0 aromatic carbocycles. The number of hydrogen-bond donors (Lipinski definition) is 1. The normalized spacial score (nSPS) is 21.2. The van der Waals surface area contributed by atoms with E-state index in [0.717, 1.165) is 11.8 Å². The fourth-order valence-electron chi connectivity index (χ4n) is 2.69. The van der Waals surface area contributed by atoms with Crippen molar-refractivity contribution in [2.45, 2.75) is 33.1 Å². The molecule has 1 fully saturated rings. The van der Waals surface area contributed by atoms with Crippen LogP contribution in [0.15, 0.2) is 0 Å². The van der Waals surface area contributed by atoms with E-state index in [-0.39, 0.29) is 0 Å². The predicted octanol–water partition coefficient (Wildman–Crippen LogP) is 1.90. The van der Waals surface area contributed by atoms with Crippen LogP contribution in [0, 0.1) is 11.8 Å². The van der Waals surface area contributed by atoms with Crippen LogP contribution in [0.1, 0.15) is 33.1 Å².